The van der Waals surface area contributed by atoms with Crippen molar-refractivity contribution < 1.29 is 14.4 Å². The molecule has 0 aliphatic carbocycles. The molecule has 1 aromatic rings. The summed E-state index contributed by atoms with van der Waals surface area (Å²) in [6.07, 6.45) is 0.279. The fourth-order valence-electron chi connectivity index (χ4n) is 1.88. The number of ketones is 1. The minimum Gasteiger partial charge on any atom is -0.332 e. The Bertz CT molecular complexity index is 528. The summed E-state index contributed by atoms with van der Waals surface area (Å²) in [5, 5.41) is 2.80. The Hall–Kier alpha value is -1.82. The van der Waals surface area contributed by atoms with Crippen LogP contribution in [-0.2, 0) is 4.79 Å². The van der Waals surface area contributed by atoms with Gasteiger partial charge in [-0.3, -0.25) is 14.4 Å². The first kappa shape index (κ1) is 14.6. The van der Waals surface area contributed by atoms with Gasteiger partial charge >= 0.3 is 0 Å². The van der Waals surface area contributed by atoms with Crippen LogP contribution in [0.3, 0.4) is 0 Å². The SMILES string of the molecule is CC(=O)c1ccc(NC(=O)CCN2CCSC2=O)cc1. The molecule has 5 nitrogen and oxygen atoms in total. The van der Waals surface area contributed by atoms with Crippen LogP contribution in [0.5, 0.6) is 0 Å². The van der Waals surface area contributed by atoms with Gasteiger partial charge in [-0.05, 0) is 31.2 Å². The summed E-state index contributed by atoms with van der Waals surface area (Å²) in [6, 6.07) is 6.76. The monoisotopic (exact) mass is 292 g/mol. The van der Waals surface area contributed by atoms with Crippen molar-refractivity contribution in [3.05, 3.63) is 29.8 Å². The predicted octanol–water partition coefficient (Wildman–Crippen LogP) is 2.39. The van der Waals surface area contributed by atoms with Gasteiger partial charge < -0.3 is 10.2 Å². The molecule has 6 heteroatoms. The lowest BCUT2D eigenvalue weighted by atomic mass is 10.1. The van der Waals surface area contributed by atoms with Crippen LogP contribution in [-0.4, -0.2) is 40.7 Å². The number of benzene rings is 1. The van der Waals surface area contributed by atoms with E-state index in [2.05, 4.69) is 5.32 Å². The van der Waals surface area contributed by atoms with Gasteiger partial charge in [0.1, 0.15) is 0 Å². The van der Waals surface area contributed by atoms with Gasteiger partial charge in [-0.25, -0.2) is 0 Å². The lowest BCUT2D eigenvalue weighted by Crippen LogP contribution is -2.27. The molecule has 106 valence electrons. The number of nitrogens with one attached hydrogen (secondary N) is 1. The van der Waals surface area contributed by atoms with E-state index in [0.29, 0.717) is 24.3 Å². The van der Waals surface area contributed by atoms with Crippen molar-refractivity contribution in [3.63, 3.8) is 0 Å². The van der Waals surface area contributed by atoms with Crippen LogP contribution in [0, 0.1) is 0 Å². The zero-order chi connectivity index (χ0) is 14.5. The van der Waals surface area contributed by atoms with Crippen LogP contribution in [0.15, 0.2) is 24.3 Å². The minimum absolute atomic E-state index is 0.00655. The number of amides is 2. The number of rotatable bonds is 5. The first-order valence-electron chi connectivity index (χ1n) is 6.39. The molecule has 1 N–H and O–H groups in total. The molecule has 0 unspecified atom stereocenters. The molecule has 1 aromatic carbocycles. The van der Waals surface area contributed by atoms with Gasteiger partial charge in [0, 0.05) is 36.5 Å². The van der Waals surface area contributed by atoms with Gasteiger partial charge in [-0.15, -0.1) is 0 Å². The molecular weight excluding hydrogens is 276 g/mol. The average molecular weight is 292 g/mol. The van der Waals surface area contributed by atoms with E-state index in [-0.39, 0.29) is 23.4 Å². The Kier molecular flexibility index (Phi) is 4.79. The van der Waals surface area contributed by atoms with E-state index in [0.717, 1.165) is 5.75 Å². The van der Waals surface area contributed by atoms with Crippen molar-refractivity contribution in [3.8, 4) is 0 Å². The maximum absolute atomic E-state index is 11.8. The van der Waals surface area contributed by atoms with Gasteiger partial charge in [-0.1, -0.05) is 11.8 Å². The fourth-order valence-corrected chi connectivity index (χ4v) is 2.73. The standard InChI is InChI=1S/C14H16N2O3S/c1-10(17)11-2-4-12(5-3-11)15-13(18)6-7-16-8-9-20-14(16)19/h2-5H,6-9H2,1H3,(H,15,18). The highest BCUT2D eigenvalue weighted by atomic mass is 32.2. The van der Waals surface area contributed by atoms with Gasteiger partial charge in [0.05, 0.1) is 0 Å². The Balaban J connectivity index is 1.82. The van der Waals surface area contributed by atoms with E-state index in [1.54, 1.807) is 29.2 Å². The quantitative estimate of drug-likeness (QED) is 0.846. The minimum atomic E-state index is -0.134. The Morgan fingerprint density at radius 2 is 2.00 bits per heavy atom. The summed E-state index contributed by atoms with van der Waals surface area (Å²) in [5.74, 6) is 0.658. The van der Waals surface area contributed by atoms with Crippen LogP contribution < -0.4 is 5.32 Å². The lowest BCUT2D eigenvalue weighted by Gasteiger charge is -2.13. The number of Topliss-reactive ketones (excluding diaryl/α,β-unsaturated/α-hetero) is 1. The number of thioether (sulfide) groups is 1. The van der Waals surface area contributed by atoms with Crippen LogP contribution in [0.2, 0.25) is 0 Å². The van der Waals surface area contributed by atoms with Crippen LogP contribution >= 0.6 is 11.8 Å². The number of hydrogen-bond acceptors (Lipinski definition) is 4. The van der Waals surface area contributed by atoms with Crippen molar-refractivity contribution in [2.75, 3.05) is 24.2 Å². The molecule has 0 atom stereocenters. The zero-order valence-electron chi connectivity index (χ0n) is 11.2. The number of hydrogen-bond donors (Lipinski definition) is 1. The van der Waals surface area contributed by atoms with E-state index in [9.17, 15) is 14.4 Å². The molecule has 1 heterocycles. The smallest absolute Gasteiger partial charge is 0.281 e. The molecule has 1 aliphatic heterocycles. The molecule has 1 fully saturated rings. The van der Waals surface area contributed by atoms with Crippen molar-refractivity contribution in [1.82, 2.24) is 4.90 Å². The third kappa shape index (κ3) is 3.84. The first-order chi connectivity index (χ1) is 9.56. The summed E-state index contributed by atoms with van der Waals surface area (Å²) in [5.41, 5.74) is 1.27. The maximum Gasteiger partial charge on any atom is 0.281 e. The Morgan fingerprint density at radius 3 is 2.55 bits per heavy atom. The van der Waals surface area contributed by atoms with E-state index in [4.69, 9.17) is 0 Å². The number of anilines is 1. The number of carbonyl (C=O) groups excluding carboxylic acids is 3. The normalized spacial score (nSPS) is 14.4. The number of nitrogens with zero attached hydrogens (tertiary/aromatic N) is 1. The molecule has 0 radical (unpaired) electrons. The maximum atomic E-state index is 11.8. The molecule has 0 saturated carbocycles. The van der Waals surface area contributed by atoms with Crippen molar-refractivity contribution in [2.24, 2.45) is 0 Å². The molecule has 20 heavy (non-hydrogen) atoms. The summed E-state index contributed by atoms with van der Waals surface area (Å²) < 4.78 is 0. The van der Waals surface area contributed by atoms with E-state index in [1.807, 2.05) is 0 Å². The predicted molar refractivity (Wildman–Crippen MR) is 79.1 cm³/mol. The second-order valence-electron chi connectivity index (χ2n) is 4.53. The van der Waals surface area contributed by atoms with E-state index < -0.39 is 0 Å². The number of carbonyl (C=O) groups is 3. The van der Waals surface area contributed by atoms with Crippen molar-refractivity contribution in [2.45, 2.75) is 13.3 Å². The molecule has 1 saturated heterocycles. The topological polar surface area (TPSA) is 66.5 Å². The molecule has 1 aliphatic rings. The molecule has 2 amide bonds. The zero-order valence-corrected chi connectivity index (χ0v) is 12.0. The summed E-state index contributed by atoms with van der Waals surface area (Å²) in [6.45, 7) is 2.66. The highest BCUT2D eigenvalue weighted by Crippen LogP contribution is 2.17. The molecule has 0 bridgehead atoms. The second kappa shape index (κ2) is 6.56. The second-order valence-corrected chi connectivity index (χ2v) is 5.58. The van der Waals surface area contributed by atoms with E-state index >= 15 is 0 Å². The Labute approximate surface area is 121 Å². The highest BCUT2D eigenvalue weighted by molar-refractivity contribution is 8.13. The van der Waals surface area contributed by atoms with Gasteiger partial charge in [0.15, 0.2) is 5.78 Å². The van der Waals surface area contributed by atoms with Crippen molar-refractivity contribution in [1.29, 1.82) is 0 Å². The van der Waals surface area contributed by atoms with Crippen LogP contribution in [0.25, 0.3) is 0 Å². The van der Waals surface area contributed by atoms with Crippen LogP contribution in [0.1, 0.15) is 23.7 Å². The van der Waals surface area contributed by atoms with Crippen LogP contribution in [0.4, 0.5) is 10.5 Å². The molecular formula is C14H16N2O3S. The highest BCUT2D eigenvalue weighted by Gasteiger charge is 2.21. The molecule has 2 rings (SSSR count). The summed E-state index contributed by atoms with van der Waals surface area (Å²) in [4.78, 5) is 36.0. The van der Waals surface area contributed by atoms with Crippen molar-refractivity contribution >= 4 is 34.4 Å². The Morgan fingerprint density at radius 1 is 1.30 bits per heavy atom. The lowest BCUT2D eigenvalue weighted by molar-refractivity contribution is -0.116. The third-order valence-corrected chi connectivity index (χ3v) is 3.92. The average Bonchev–Trinajstić information content (AvgIpc) is 2.82. The van der Waals surface area contributed by atoms with Gasteiger partial charge in [0.2, 0.25) is 5.91 Å². The largest absolute Gasteiger partial charge is 0.332 e. The first-order valence-corrected chi connectivity index (χ1v) is 7.37. The van der Waals surface area contributed by atoms with Gasteiger partial charge in [-0.2, -0.15) is 0 Å². The molecule has 0 aromatic heterocycles. The van der Waals surface area contributed by atoms with Gasteiger partial charge in [0.25, 0.3) is 5.24 Å². The van der Waals surface area contributed by atoms with E-state index in [1.165, 1.54) is 18.7 Å². The molecule has 0 spiro atoms. The fraction of sp³-hybridized carbons (Fsp3) is 0.357. The summed E-state index contributed by atoms with van der Waals surface area (Å²) >= 11 is 1.29. The third-order valence-electron chi connectivity index (χ3n) is 3.03. The summed E-state index contributed by atoms with van der Waals surface area (Å²) in [7, 11) is 0.